The Morgan fingerprint density at radius 3 is 2.36 bits per heavy atom. The third-order valence-electron chi connectivity index (χ3n) is 4.17. The van der Waals surface area contributed by atoms with Crippen LogP contribution in [-0.4, -0.2) is 39.2 Å². The van der Waals surface area contributed by atoms with Crippen molar-refractivity contribution < 1.29 is 17.9 Å². The van der Waals surface area contributed by atoms with Gasteiger partial charge in [0.1, 0.15) is 0 Å². The van der Waals surface area contributed by atoms with E-state index in [0.717, 1.165) is 16.9 Å². The van der Waals surface area contributed by atoms with Crippen LogP contribution in [0.4, 0.5) is 0 Å². The summed E-state index contributed by atoms with van der Waals surface area (Å²) in [5, 5.41) is -0.272. The van der Waals surface area contributed by atoms with Gasteiger partial charge in [-0.3, -0.25) is 0 Å². The Bertz CT molecular complexity index is 850. The monoisotopic (exact) mass is 379 g/mol. The molecule has 0 bridgehead atoms. The molecular formula is C18H21NO4S2. The summed E-state index contributed by atoms with van der Waals surface area (Å²) in [7, 11) is -0.395. The second kappa shape index (κ2) is 7.27. The first kappa shape index (κ1) is 18.1. The Kier molecular flexibility index (Phi) is 5.27. The van der Waals surface area contributed by atoms with Crippen molar-refractivity contribution in [2.45, 2.75) is 17.2 Å². The number of hydrogen-bond donors (Lipinski definition) is 0. The number of benzene rings is 2. The molecule has 5 nitrogen and oxygen atoms in total. The zero-order chi connectivity index (χ0) is 18.0. The number of thioether (sulfide) groups is 1. The van der Waals surface area contributed by atoms with Crippen LogP contribution in [0.25, 0.3) is 0 Å². The summed E-state index contributed by atoms with van der Waals surface area (Å²) in [4.78, 5) is 0.325. The molecule has 1 saturated heterocycles. The van der Waals surface area contributed by atoms with Crippen molar-refractivity contribution in [1.29, 1.82) is 0 Å². The van der Waals surface area contributed by atoms with Gasteiger partial charge in [0.05, 0.1) is 24.5 Å². The number of hydrogen-bond acceptors (Lipinski definition) is 5. The van der Waals surface area contributed by atoms with Crippen LogP contribution in [-0.2, 0) is 10.0 Å². The van der Waals surface area contributed by atoms with Crippen molar-refractivity contribution in [3.05, 3.63) is 53.6 Å². The van der Waals surface area contributed by atoms with Crippen molar-refractivity contribution in [3.8, 4) is 11.5 Å². The minimum atomic E-state index is -3.55. The lowest BCUT2D eigenvalue weighted by atomic mass is 10.2. The summed E-state index contributed by atoms with van der Waals surface area (Å²) in [6.45, 7) is 2.43. The Hall–Kier alpha value is -1.70. The van der Waals surface area contributed by atoms with Gasteiger partial charge in [0.25, 0.3) is 0 Å². The van der Waals surface area contributed by atoms with Gasteiger partial charge in [0.2, 0.25) is 10.0 Å². The van der Waals surface area contributed by atoms with Crippen molar-refractivity contribution in [1.82, 2.24) is 4.31 Å². The molecule has 134 valence electrons. The maximum absolute atomic E-state index is 13.1. The molecule has 1 aliphatic heterocycles. The summed E-state index contributed by atoms with van der Waals surface area (Å²) in [5.41, 5.74) is 1.92. The van der Waals surface area contributed by atoms with Crippen LogP contribution in [0.15, 0.2) is 47.4 Å². The molecule has 0 radical (unpaired) electrons. The number of methoxy groups -OCH3 is 2. The highest BCUT2D eigenvalue weighted by atomic mass is 32.2. The maximum atomic E-state index is 13.1. The zero-order valence-electron chi connectivity index (χ0n) is 14.4. The standard InChI is InChI=1S/C18H21NO4S2/c1-13-4-7-15(8-5-13)25(20,21)19-10-11-24-18(19)14-6-9-16(22-2)17(12-14)23-3/h4-9,12,18H,10-11H2,1-3H3/t18-/m0/s1. The topological polar surface area (TPSA) is 55.8 Å². The van der Waals surface area contributed by atoms with Crippen molar-refractivity contribution >= 4 is 21.8 Å². The quantitative estimate of drug-likeness (QED) is 0.796. The van der Waals surface area contributed by atoms with Gasteiger partial charge < -0.3 is 9.47 Å². The van der Waals surface area contributed by atoms with Crippen LogP contribution in [0.5, 0.6) is 11.5 Å². The predicted octanol–water partition coefficient (Wildman–Crippen LogP) is 3.45. The predicted molar refractivity (Wildman–Crippen MR) is 99.8 cm³/mol. The molecule has 0 N–H and O–H groups in total. The van der Waals surface area contributed by atoms with E-state index >= 15 is 0 Å². The number of ether oxygens (including phenoxy) is 2. The van der Waals surface area contributed by atoms with Crippen LogP contribution in [0.1, 0.15) is 16.5 Å². The molecule has 0 amide bonds. The lowest BCUT2D eigenvalue weighted by Gasteiger charge is -2.24. The molecule has 0 aromatic heterocycles. The van der Waals surface area contributed by atoms with Gasteiger partial charge in [-0.05, 0) is 36.8 Å². The molecule has 0 aliphatic carbocycles. The molecule has 2 aromatic rings. The van der Waals surface area contributed by atoms with Crippen molar-refractivity contribution in [2.75, 3.05) is 26.5 Å². The molecule has 1 fully saturated rings. The van der Waals surface area contributed by atoms with Crippen LogP contribution in [0.3, 0.4) is 0 Å². The number of sulfonamides is 1. The van der Waals surface area contributed by atoms with E-state index in [4.69, 9.17) is 9.47 Å². The first-order valence-corrected chi connectivity index (χ1v) is 10.4. The van der Waals surface area contributed by atoms with E-state index in [1.807, 2.05) is 37.3 Å². The van der Waals surface area contributed by atoms with Gasteiger partial charge in [-0.2, -0.15) is 4.31 Å². The molecule has 0 saturated carbocycles. The Morgan fingerprint density at radius 2 is 1.72 bits per heavy atom. The molecule has 0 unspecified atom stereocenters. The minimum Gasteiger partial charge on any atom is -0.493 e. The summed E-state index contributed by atoms with van der Waals surface area (Å²) in [6.07, 6.45) is 0. The maximum Gasteiger partial charge on any atom is 0.244 e. The highest BCUT2D eigenvalue weighted by Gasteiger charge is 2.37. The fourth-order valence-corrected chi connectivity index (χ4v) is 6.05. The van der Waals surface area contributed by atoms with E-state index in [2.05, 4.69) is 0 Å². The van der Waals surface area contributed by atoms with Crippen molar-refractivity contribution in [2.24, 2.45) is 0 Å². The fourth-order valence-electron chi connectivity index (χ4n) is 2.82. The largest absolute Gasteiger partial charge is 0.493 e. The van der Waals surface area contributed by atoms with E-state index in [-0.39, 0.29) is 5.37 Å². The average Bonchev–Trinajstić information content (AvgIpc) is 3.12. The smallest absolute Gasteiger partial charge is 0.244 e. The van der Waals surface area contributed by atoms with Gasteiger partial charge in [0, 0.05) is 12.3 Å². The molecule has 7 heteroatoms. The Morgan fingerprint density at radius 1 is 1.04 bits per heavy atom. The normalized spacial score (nSPS) is 18.3. The van der Waals surface area contributed by atoms with E-state index in [9.17, 15) is 8.42 Å². The first-order chi connectivity index (χ1) is 12.0. The second-order valence-corrected chi connectivity index (χ2v) is 8.85. The summed E-state index contributed by atoms with van der Waals surface area (Å²) >= 11 is 1.61. The first-order valence-electron chi connectivity index (χ1n) is 7.89. The van der Waals surface area contributed by atoms with Gasteiger partial charge in [-0.15, -0.1) is 11.8 Å². The zero-order valence-corrected chi connectivity index (χ0v) is 16.1. The molecule has 1 heterocycles. The second-order valence-electron chi connectivity index (χ2n) is 5.77. The molecule has 0 spiro atoms. The van der Waals surface area contributed by atoms with Crippen LogP contribution in [0.2, 0.25) is 0 Å². The number of aryl methyl sites for hydroxylation is 1. The summed E-state index contributed by atoms with van der Waals surface area (Å²) in [6, 6.07) is 12.5. The van der Waals surface area contributed by atoms with Gasteiger partial charge in [-0.1, -0.05) is 23.8 Å². The number of rotatable bonds is 5. The van der Waals surface area contributed by atoms with Gasteiger partial charge in [-0.25, -0.2) is 8.42 Å². The van der Waals surface area contributed by atoms with Crippen LogP contribution < -0.4 is 9.47 Å². The average molecular weight is 380 g/mol. The van der Waals surface area contributed by atoms with Crippen molar-refractivity contribution in [3.63, 3.8) is 0 Å². The summed E-state index contributed by atoms with van der Waals surface area (Å²) < 4.78 is 38.3. The van der Waals surface area contributed by atoms with E-state index in [1.165, 1.54) is 0 Å². The van der Waals surface area contributed by atoms with Crippen LogP contribution >= 0.6 is 11.8 Å². The molecule has 25 heavy (non-hydrogen) atoms. The minimum absolute atomic E-state index is 0.272. The van der Waals surface area contributed by atoms with E-state index < -0.39 is 10.0 Å². The molecule has 3 rings (SSSR count). The SMILES string of the molecule is COc1ccc([C@@H]2SCCN2S(=O)(=O)c2ccc(C)cc2)cc1OC. The van der Waals surface area contributed by atoms with E-state index in [1.54, 1.807) is 42.4 Å². The van der Waals surface area contributed by atoms with Crippen LogP contribution in [0, 0.1) is 6.92 Å². The van der Waals surface area contributed by atoms with Gasteiger partial charge >= 0.3 is 0 Å². The number of nitrogens with zero attached hydrogens (tertiary/aromatic N) is 1. The highest BCUT2D eigenvalue weighted by Crippen LogP contribution is 2.43. The lowest BCUT2D eigenvalue weighted by molar-refractivity contribution is 0.353. The molecular weight excluding hydrogens is 358 g/mol. The highest BCUT2D eigenvalue weighted by molar-refractivity contribution is 8.01. The Labute approximate surface area is 153 Å². The molecule has 1 atom stereocenters. The molecule has 2 aromatic carbocycles. The van der Waals surface area contributed by atoms with Gasteiger partial charge in [0.15, 0.2) is 11.5 Å². The lowest BCUT2D eigenvalue weighted by Crippen LogP contribution is -2.30. The Balaban J connectivity index is 1.96. The fraction of sp³-hybridized carbons (Fsp3) is 0.333. The third kappa shape index (κ3) is 3.49. The molecule has 1 aliphatic rings. The summed E-state index contributed by atoms with van der Waals surface area (Å²) in [5.74, 6) is 1.98. The van der Waals surface area contributed by atoms with E-state index in [0.29, 0.717) is 22.9 Å². The third-order valence-corrected chi connectivity index (χ3v) is 7.44.